The van der Waals surface area contributed by atoms with Gasteiger partial charge in [0.25, 0.3) is 0 Å². The van der Waals surface area contributed by atoms with Gasteiger partial charge in [0.15, 0.2) is 0 Å². The van der Waals surface area contributed by atoms with Gasteiger partial charge in [0, 0.05) is 22.2 Å². The number of para-hydroxylation sites is 2. The molecule has 38 heavy (non-hydrogen) atoms. The van der Waals surface area contributed by atoms with Gasteiger partial charge in [-0.3, -0.25) is 9.97 Å². The smallest absolute Gasteiger partial charge is 0.0703 e. The Bertz CT molecular complexity index is 1800. The molecule has 4 aromatic heterocycles. The third kappa shape index (κ3) is 3.70. The van der Waals surface area contributed by atoms with Crippen LogP contribution < -0.4 is 0 Å². The Morgan fingerprint density at radius 2 is 0.895 bits per heavy atom. The molecule has 0 aliphatic carbocycles. The molecule has 0 aliphatic rings. The van der Waals surface area contributed by atoms with Gasteiger partial charge in [0.05, 0.1) is 46.2 Å². The van der Waals surface area contributed by atoms with Crippen LogP contribution in [-0.2, 0) is 0 Å². The highest BCUT2D eigenvalue weighted by Crippen LogP contribution is 2.32. The van der Waals surface area contributed by atoms with E-state index in [4.69, 9.17) is 9.97 Å². The molecule has 0 bridgehead atoms. The summed E-state index contributed by atoms with van der Waals surface area (Å²) in [6, 6.07) is 38.4. The van der Waals surface area contributed by atoms with Crippen molar-refractivity contribution >= 4 is 21.8 Å². The lowest BCUT2D eigenvalue weighted by molar-refractivity contribution is 1.01. The van der Waals surface area contributed by atoms with Crippen molar-refractivity contribution in [3.8, 4) is 33.9 Å². The van der Waals surface area contributed by atoms with Crippen molar-refractivity contribution in [2.45, 2.75) is 13.8 Å². The molecule has 4 nitrogen and oxygen atoms in total. The van der Waals surface area contributed by atoms with E-state index in [0.29, 0.717) is 0 Å². The maximum Gasteiger partial charge on any atom is 0.0703 e. The monoisotopic (exact) mass is 490 g/mol. The van der Waals surface area contributed by atoms with E-state index in [1.54, 1.807) is 0 Å². The third-order valence-corrected chi connectivity index (χ3v) is 7.30. The highest BCUT2D eigenvalue weighted by molar-refractivity contribution is 5.82. The zero-order chi connectivity index (χ0) is 25.6. The Kier molecular flexibility index (Phi) is 5.19. The van der Waals surface area contributed by atoms with Crippen molar-refractivity contribution in [2.75, 3.05) is 0 Å². The summed E-state index contributed by atoms with van der Waals surface area (Å²) in [7, 11) is 0. The van der Waals surface area contributed by atoms with Crippen LogP contribution in [0.25, 0.3) is 55.7 Å². The first-order valence-corrected chi connectivity index (χ1v) is 12.8. The van der Waals surface area contributed by atoms with Crippen LogP contribution >= 0.6 is 0 Å². The number of benzene rings is 3. The molecule has 0 N–H and O–H groups in total. The lowest BCUT2D eigenvalue weighted by Crippen LogP contribution is -2.01. The minimum atomic E-state index is 1.01. The van der Waals surface area contributed by atoms with E-state index >= 15 is 0 Å². The zero-order valence-corrected chi connectivity index (χ0v) is 21.3. The van der Waals surface area contributed by atoms with Crippen molar-refractivity contribution in [3.05, 3.63) is 133 Å². The third-order valence-electron chi connectivity index (χ3n) is 7.30. The maximum absolute atomic E-state index is 4.70. The predicted octanol–water partition coefficient (Wildman–Crippen LogP) is 8.32. The van der Waals surface area contributed by atoms with Crippen LogP contribution in [-0.4, -0.2) is 19.1 Å². The second kappa shape index (κ2) is 8.86. The molecule has 0 fully saturated rings. The molecule has 7 rings (SSSR count). The first kappa shape index (κ1) is 22.3. The number of hydrogen-bond acceptors (Lipinski definition) is 2. The van der Waals surface area contributed by atoms with E-state index in [-0.39, 0.29) is 0 Å². The minimum absolute atomic E-state index is 1.01. The summed E-state index contributed by atoms with van der Waals surface area (Å²) in [6.45, 7) is 4.28. The number of fused-ring (bicyclic) bond motifs is 2. The van der Waals surface area contributed by atoms with Crippen molar-refractivity contribution in [1.82, 2.24) is 19.1 Å². The van der Waals surface area contributed by atoms with Gasteiger partial charge in [-0.2, -0.15) is 0 Å². The SMILES string of the molecule is Cc1ccc(-c2ccc(-c3ccc(C)n3-c3cnc4ccccc4c3)cc2)n1-c1cnc2ccccc2c1. The molecule has 182 valence electrons. The molecule has 0 atom stereocenters. The lowest BCUT2D eigenvalue weighted by atomic mass is 10.1. The molecule has 0 spiro atoms. The molecule has 0 radical (unpaired) electrons. The normalized spacial score (nSPS) is 11.4. The van der Waals surface area contributed by atoms with Crippen LogP contribution in [0.2, 0.25) is 0 Å². The largest absolute Gasteiger partial charge is 0.312 e. The molecule has 0 amide bonds. The number of nitrogens with zero attached hydrogens (tertiary/aromatic N) is 4. The Balaban J connectivity index is 1.28. The first-order valence-electron chi connectivity index (χ1n) is 12.8. The number of rotatable bonds is 4. The van der Waals surface area contributed by atoms with Crippen molar-refractivity contribution in [2.24, 2.45) is 0 Å². The first-order chi connectivity index (χ1) is 18.7. The fourth-order valence-corrected chi connectivity index (χ4v) is 5.39. The van der Waals surface area contributed by atoms with E-state index in [1.807, 2.05) is 36.7 Å². The summed E-state index contributed by atoms with van der Waals surface area (Å²) in [6.07, 6.45) is 3.92. The Morgan fingerprint density at radius 1 is 0.474 bits per heavy atom. The second-order valence-corrected chi connectivity index (χ2v) is 9.74. The summed E-state index contributed by atoms with van der Waals surface area (Å²) in [5, 5.41) is 2.28. The van der Waals surface area contributed by atoms with E-state index < -0.39 is 0 Å². The van der Waals surface area contributed by atoms with Crippen molar-refractivity contribution < 1.29 is 0 Å². The van der Waals surface area contributed by atoms with Gasteiger partial charge in [-0.15, -0.1) is 0 Å². The molecule has 4 heteroatoms. The van der Waals surface area contributed by atoms with Gasteiger partial charge in [-0.1, -0.05) is 60.7 Å². The molecule has 0 unspecified atom stereocenters. The van der Waals surface area contributed by atoms with Crippen LogP contribution in [0, 0.1) is 13.8 Å². The maximum atomic E-state index is 4.70. The topological polar surface area (TPSA) is 35.6 Å². The quantitative estimate of drug-likeness (QED) is 0.249. The van der Waals surface area contributed by atoms with Gasteiger partial charge in [0.1, 0.15) is 0 Å². The summed E-state index contributed by atoms with van der Waals surface area (Å²) < 4.78 is 4.56. The molecule has 4 heterocycles. The minimum Gasteiger partial charge on any atom is -0.312 e. The highest BCUT2D eigenvalue weighted by atomic mass is 15.0. The Labute approximate surface area is 221 Å². The summed E-state index contributed by atoms with van der Waals surface area (Å²) >= 11 is 0. The molecular formula is C34H26N4. The molecule has 0 saturated carbocycles. The number of pyridine rings is 2. The second-order valence-electron chi connectivity index (χ2n) is 9.74. The van der Waals surface area contributed by atoms with E-state index in [1.165, 1.54) is 11.4 Å². The summed E-state index contributed by atoms with van der Waals surface area (Å²) in [5.41, 5.74) is 11.1. The number of aryl methyl sites for hydroxylation is 2. The lowest BCUT2D eigenvalue weighted by Gasteiger charge is -2.15. The average Bonchev–Trinajstić information content (AvgIpc) is 3.55. The van der Waals surface area contributed by atoms with Crippen LogP contribution in [0.4, 0.5) is 0 Å². The number of aromatic nitrogens is 4. The van der Waals surface area contributed by atoms with E-state index in [0.717, 1.165) is 55.7 Å². The summed E-state index contributed by atoms with van der Waals surface area (Å²) in [5.74, 6) is 0. The predicted molar refractivity (Wildman–Crippen MR) is 156 cm³/mol. The Morgan fingerprint density at radius 3 is 1.34 bits per heavy atom. The highest BCUT2D eigenvalue weighted by Gasteiger charge is 2.14. The van der Waals surface area contributed by atoms with Crippen LogP contribution in [0.15, 0.2) is 122 Å². The summed E-state index contributed by atoms with van der Waals surface area (Å²) in [4.78, 5) is 9.40. The fourth-order valence-electron chi connectivity index (χ4n) is 5.39. The fraction of sp³-hybridized carbons (Fsp3) is 0.0588. The molecule has 0 aliphatic heterocycles. The van der Waals surface area contributed by atoms with Crippen molar-refractivity contribution in [1.29, 1.82) is 0 Å². The van der Waals surface area contributed by atoms with Gasteiger partial charge in [-0.05, 0) is 73.5 Å². The average molecular weight is 491 g/mol. The number of hydrogen-bond donors (Lipinski definition) is 0. The molecular weight excluding hydrogens is 464 g/mol. The van der Waals surface area contributed by atoms with E-state index in [9.17, 15) is 0 Å². The van der Waals surface area contributed by atoms with Gasteiger partial charge >= 0.3 is 0 Å². The Hall–Kier alpha value is -4.96. The van der Waals surface area contributed by atoms with Gasteiger partial charge in [-0.25, -0.2) is 0 Å². The molecule has 3 aromatic carbocycles. The van der Waals surface area contributed by atoms with Gasteiger partial charge in [0.2, 0.25) is 0 Å². The van der Waals surface area contributed by atoms with Gasteiger partial charge < -0.3 is 9.13 Å². The van der Waals surface area contributed by atoms with Crippen LogP contribution in [0.5, 0.6) is 0 Å². The standard InChI is InChI=1S/C34H26N4/c1-23-11-17-33(37(23)29-19-27-7-3-5-9-31(27)35-21-29)25-13-15-26(16-14-25)34-18-12-24(2)38(34)30-20-28-8-4-6-10-32(28)36-22-30/h3-22H,1-2H3. The van der Waals surface area contributed by atoms with E-state index in [2.05, 4.69) is 108 Å². The van der Waals surface area contributed by atoms with Crippen LogP contribution in [0.1, 0.15) is 11.4 Å². The molecule has 0 saturated heterocycles. The molecule has 7 aromatic rings. The zero-order valence-electron chi connectivity index (χ0n) is 21.3. The van der Waals surface area contributed by atoms with Crippen molar-refractivity contribution in [3.63, 3.8) is 0 Å². The van der Waals surface area contributed by atoms with Crippen LogP contribution in [0.3, 0.4) is 0 Å².